The number of hydrogen-bond acceptors (Lipinski definition) is 16. The van der Waals surface area contributed by atoms with Gasteiger partial charge in [-0.05, 0) is 151 Å². The van der Waals surface area contributed by atoms with Crippen LogP contribution < -0.4 is 29.3 Å². The number of hydrogen-bond donors (Lipinski definition) is 4. The summed E-state index contributed by atoms with van der Waals surface area (Å²) >= 11 is 0. The number of fused-ring (bicyclic) bond motifs is 3. The van der Waals surface area contributed by atoms with Crippen molar-refractivity contribution in [2.45, 2.75) is 138 Å². The minimum Gasteiger partial charge on any atom is -0.491 e. The fourth-order valence-electron chi connectivity index (χ4n) is 13.9. The van der Waals surface area contributed by atoms with Crippen LogP contribution >= 0.6 is 0 Å². The summed E-state index contributed by atoms with van der Waals surface area (Å²) in [6.07, 6.45) is 11.2. The van der Waals surface area contributed by atoms with Crippen molar-refractivity contribution in [1.29, 1.82) is 0 Å². The highest BCUT2D eigenvalue weighted by Crippen LogP contribution is 2.54. The van der Waals surface area contributed by atoms with E-state index in [1.54, 1.807) is 6.07 Å². The molecule has 4 saturated heterocycles. The molecule has 79 heavy (non-hydrogen) atoms. The Bertz CT molecular complexity index is 3160. The summed E-state index contributed by atoms with van der Waals surface area (Å²) < 4.78 is 55.5. The molecule has 12 rings (SSSR count). The number of aromatic amines is 1. The normalized spacial score (nSPS) is 26.0. The second-order valence-corrected chi connectivity index (χ2v) is 25.6. The van der Waals surface area contributed by atoms with Crippen LogP contribution in [0.3, 0.4) is 0 Å². The Morgan fingerprint density at radius 2 is 1.68 bits per heavy atom. The molecule has 6 fully saturated rings. The summed E-state index contributed by atoms with van der Waals surface area (Å²) in [5, 5.41) is 26.9. The van der Waals surface area contributed by atoms with Crippen LogP contribution in [0.5, 0.6) is 11.6 Å². The molecule has 3 atom stereocenters. The number of aromatic nitrogens is 2. The van der Waals surface area contributed by atoms with E-state index < -0.39 is 43.1 Å². The van der Waals surface area contributed by atoms with Gasteiger partial charge in [0.15, 0.2) is 0 Å². The fraction of sp³-hybridized carbons (Fsp3) is 0.559. The lowest BCUT2D eigenvalue weighted by molar-refractivity contribution is -0.384. The number of H-pyrrole nitrogens is 1. The van der Waals surface area contributed by atoms with Gasteiger partial charge in [-0.15, -0.1) is 0 Å². The molecule has 2 saturated carbocycles. The molecule has 2 aromatic heterocycles. The second-order valence-electron chi connectivity index (χ2n) is 23.9. The summed E-state index contributed by atoms with van der Waals surface area (Å²) in [6.45, 7) is 13.5. The van der Waals surface area contributed by atoms with Gasteiger partial charge in [0.1, 0.15) is 28.9 Å². The predicted molar refractivity (Wildman–Crippen MR) is 301 cm³/mol. The van der Waals surface area contributed by atoms with Crippen LogP contribution in [-0.4, -0.2) is 146 Å². The highest BCUT2D eigenvalue weighted by Gasteiger charge is 2.51. The number of piperidine rings is 1. The maximum atomic E-state index is 14.8. The van der Waals surface area contributed by atoms with Gasteiger partial charge in [-0.1, -0.05) is 18.2 Å². The third kappa shape index (κ3) is 11.0. The number of nitrogens with one attached hydrogen (secondary N) is 3. The molecule has 422 valence electrons. The quantitative estimate of drug-likeness (QED) is 0.0604. The van der Waals surface area contributed by atoms with Crippen molar-refractivity contribution in [3.63, 3.8) is 0 Å². The molecule has 19 nitrogen and oxygen atoms in total. The first-order chi connectivity index (χ1) is 38.1. The molecule has 5 aromatic rings. The Morgan fingerprint density at radius 1 is 0.911 bits per heavy atom. The smallest absolute Gasteiger partial charge is 0.293 e. The molecule has 2 aliphatic carbocycles. The van der Waals surface area contributed by atoms with Gasteiger partial charge < -0.3 is 44.2 Å². The number of amides is 1. The number of rotatable bonds is 14. The lowest BCUT2D eigenvalue weighted by atomic mass is 9.59. The van der Waals surface area contributed by atoms with Gasteiger partial charge in [-0.2, -0.15) is 4.98 Å². The van der Waals surface area contributed by atoms with Crippen LogP contribution in [0.1, 0.15) is 113 Å². The Hall–Kier alpha value is -6.03. The summed E-state index contributed by atoms with van der Waals surface area (Å²) in [6, 6.07) is 22.7. The molecule has 0 bridgehead atoms. The number of carbonyl (C=O) groups is 1. The van der Waals surface area contributed by atoms with Gasteiger partial charge in [0.25, 0.3) is 21.6 Å². The third-order valence-corrected chi connectivity index (χ3v) is 19.7. The maximum Gasteiger partial charge on any atom is 0.293 e. The van der Waals surface area contributed by atoms with Gasteiger partial charge >= 0.3 is 0 Å². The van der Waals surface area contributed by atoms with E-state index in [0.717, 1.165) is 120 Å². The minimum absolute atomic E-state index is 0.0716. The van der Waals surface area contributed by atoms with Crippen molar-refractivity contribution in [3.8, 4) is 11.6 Å². The van der Waals surface area contributed by atoms with E-state index in [-0.39, 0.29) is 40.8 Å². The van der Waals surface area contributed by atoms with Gasteiger partial charge in [-0.3, -0.25) is 24.7 Å². The van der Waals surface area contributed by atoms with E-state index in [2.05, 4.69) is 72.7 Å². The van der Waals surface area contributed by atoms with Gasteiger partial charge in [-0.25, -0.2) is 13.1 Å². The fourth-order valence-corrected chi connectivity index (χ4v) is 14.9. The number of nitro benzene ring substituents is 1. The number of ether oxygens (including phenoxy) is 4. The van der Waals surface area contributed by atoms with Crippen molar-refractivity contribution >= 4 is 55.4 Å². The number of sulfonamides is 1. The zero-order valence-electron chi connectivity index (χ0n) is 45.6. The highest BCUT2D eigenvalue weighted by molar-refractivity contribution is 7.90. The summed E-state index contributed by atoms with van der Waals surface area (Å²) in [7, 11) is -4.64. The number of nitrogens with zero attached hydrogens (tertiary/aromatic N) is 6. The number of anilines is 4. The van der Waals surface area contributed by atoms with Gasteiger partial charge in [0.2, 0.25) is 5.88 Å². The monoisotopic (exact) mass is 1100 g/mol. The zero-order chi connectivity index (χ0) is 54.6. The van der Waals surface area contributed by atoms with Crippen LogP contribution in [0.4, 0.5) is 28.4 Å². The molecule has 20 heteroatoms. The Labute approximate surface area is 462 Å². The van der Waals surface area contributed by atoms with Crippen LogP contribution in [0.15, 0.2) is 83.9 Å². The molecule has 0 radical (unpaired) electrons. The standard InChI is InChI=1S/C59H75N9O10S/c1-38(2)77-53-7-5-4-6-45(53)52-36-65(41-15-27-75-28-16-41)25-26-66(52)43-33-59(34-43)20-23-64(24-21-59)42-8-10-46(49(31-42)67-48-17-29-76-37-54(48)78-57-51(67)30-40-14-22-60-55(40)62-57)56(69)63-79(73,74)44-9-11-47(50(32-44)68(71)72)61-35-39-12-18-58(3,70)19-13-39/h4-11,14,22,30-32,38-39,41,43,48,52,54,61,70H,12-13,15-21,23-29,33-37H2,1-3H3,(H,60,62)(H,63,69)/t39?,48-,52+,54-,58?/m0/s1. The molecule has 4 N–H and O–H groups in total. The number of nitro groups is 1. The van der Waals surface area contributed by atoms with Crippen LogP contribution in [-0.2, 0) is 19.5 Å². The molecule has 7 heterocycles. The molecular formula is C59H75N9O10S. The predicted octanol–water partition coefficient (Wildman–Crippen LogP) is 8.71. The summed E-state index contributed by atoms with van der Waals surface area (Å²) in [4.78, 5) is 44.2. The van der Waals surface area contributed by atoms with Crippen molar-refractivity contribution in [3.05, 3.63) is 100 Å². The lowest BCUT2D eigenvalue weighted by Gasteiger charge is -2.59. The molecule has 1 spiro atoms. The summed E-state index contributed by atoms with van der Waals surface area (Å²) in [5.74, 6) is 0.654. The zero-order valence-corrected chi connectivity index (χ0v) is 46.4. The van der Waals surface area contributed by atoms with Crippen LogP contribution in [0.25, 0.3) is 11.0 Å². The van der Waals surface area contributed by atoms with E-state index in [9.17, 15) is 28.4 Å². The second kappa shape index (κ2) is 21.8. The summed E-state index contributed by atoms with van der Waals surface area (Å²) in [5.41, 5.74) is 3.32. The first-order valence-electron chi connectivity index (χ1n) is 28.6. The molecule has 3 aromatic carbocycles. The van der Waals surface area contributed by atoms with Crippen molar-refractivity contribution < 1.29 is 42.2 Å². The molecule has 1 amide bonds. The largest absolute Gasteiger partial charge is 0.491 e. The SMILES string of the molecule is CC(C)Oc1ccccc1[C@H]1CN(C2CCOCC2)CCN1C1CC2(CCN(c3ccc(C(=O)NS(=O)(=O)c4ccc(NCC5CCC(C)(O)CC5)c([N+](=O)[O-])c4)c(N4c5cc6cc[nH]c6nc5O[C@H]5COCC[C@@H]54)c3)CC2)C1. The van der Waals surface area contributed by atoms with Crippen LogP contribution in [0.2, 0.25) is 0 Å². The number of piperazine rings is 1. The average Bonchev–Trinajstić information content (AvgIpc) is 3.91. The van der Waals surface area contributed by atoms with E-state index in [4.69, 9.17) is 23.9 Å². The number of para-hydroxylation sites is 1. The Morgan fingerprint density at radius 3 is 2.46 bits per heavy atom. The molecule has 7 aliphatic rings. The lowest BCUT2D eigenvalue weighted by Crippen LogP contribution is -2.61. The number of aliphatic hydroxyl groups is 1. The number of pyridine rings is 1. The minimum atomic E-state index is -4.64. The van der Waals surface area contributed by atoms with Crippen LogP contribution in [0, 0.1) is 21.4 Å². The van der Waals surface area contributed by atoms with Gasteiger partial charge in [0, 0.05) is 100 Å². The van der Waals surface area contributed by atoms with Crippen molar-refractivity contribution in [1.82, 2.24) is 24.5 Å². The van der Waals surface area contributed by atoms with Crippen molar-refractivity contribution in [2.24, 2.45) is 11.3 Å². The third-order valence-electron chi connectivity index (χ3n) is 18.4. The topological polar surface area (TPSA) is 217 Å². The van der Waals surface area contributed by atoms with E-state index in [1.807, 2.05) is 37.4 Å². The van der Waals surface area contributed by atoms with E-state index in [0.29, 0.717) is 74.0 Å². The first-order valence-corrected chi connectivity index (χ1v) is 30.1. The highest BCUT2D eigenvalue weighted by atomic mass is 32.2. The average molecular weight is 1100 g/mol. The first kappa shape index (κ1) is 53.6. The van der Waals surface area contributed by atoms with Crippen molar-refractivity contribution in [2.75, 3.05) is 80.8 Å². The maximum absolute atomic E-state index is 14.8. The van der Waals surface area contributed by atoms with E-state index >= 15 is 0 Å². The van der Waals surface area contributed by atoms with E-state index in [1.165, 1.54) is 17.7 Å². The van der Waals surface area contributed by atoms with Gasteiger partial charge in [0.05, 0.1) is 51.5 Å². The molecule has 5 aliphatic heterocycles. The number of carbonyl (C=O) groups excluding carboxylic acids is 1. The molecule has 0 unspecified atom stereocenters. The number of benzene rings is 3. The Balaban J connectivity index is 0.804. The Kier molecular flexibility index (Phi) is 14.8. The molecular weight excluding hydrogens is 1030 g/mol.